The van der Waals surface area contributed by atoms with E-state index in [-0.39, 0.29) is 24.3 Å². The zero-order valence-corrected chi connectivity index (χ0v) is 18.1. The highest BCUT2D eigenvalue weighted by Gasteiger charge is 2.35. The minimum atomic E-state index is -0.268. The van der Waals surface area contributed by atoms with Crippen LogP contribution < -0.4 is 4.90 Å². The van der Waals surface area contributed by atoms with E-state index in [0.29, 0.717) is 37.1 Å². The minimum absolute atomic E-state index is 0.0293. The van der Waals surface area contributed by atoms with E-state index in [1.807, 2.05) is 63.2 Å². The fourth-order valence-electron chi connectivity index (χ4n) is 3.65. The third-order valence-corrected chi connectivity index (χ3v) is 5.46. The molecule has 0 aliphatic carbocycles. The van der Waals surface area contributed by atoms with Gasteiger partial charge in [0.15, 0.2) is 0 Å². The van der Waals surface area contributed by atoms with Gasteiger partial charge in [0.1, 0.15) is 0 Å². The van der Waals surface area contributed by atoms with Gasteiger partial charge in [0.05, 0.1) is 11.1 Å². The van der Waals surface area contributed by atoms with Gasteiger partial charge < -0.3 is 9.80 Å². The van der Waals surface area contributed by atoms with Gasteiger partial charge in [-0.25, -0.2) is 0 Å². The van der Waals surface area contributed by atoms with Crippen LogP contribution in [0, 0.1) is 6.92 Å². The van der Waals surface area contributed by atoms with Gasteiger partial charge in [-0.3, -0.25) is 19.3 Å². The molecule has 30 heavy (non-hydrogen) atoms. The molecule has 0 saturated carbocycles. The van der Waals surface area contributed by atoms with E-state index in [2.05, 4.69) is 0 Å². The SMILES string of the molecule is CCN(Cc1ccc(N(C)C)cc1)C(=O)CCCN1C(=O)c2ccc(C)cc2C1=O. The van der Waals surface area contributed by atoms with Crippen LogP contribution >= 0.6 is 0 Å². The summed E-state index contributed by atoms with van der Waals surface area (Å²) in [6.07, 6.45) is 0.759. The molecular formula is C24H29N3O3. The molecule has 6 nitrogen and oxygen atoms in total. The maximum Gasteiger partial charge on any atom is 0.261 e. The van der Waals surface area contributed by atoms with Crippen LogP contribution in [0.15, 0.2) is 42.5 Å². The third-order valence-electron chi connectivity index (χ3n) is 5.46. The summed E-state index contributed by atoms with van der Waals surface area (Å²) in [4.78, 5) is 42.8. The van der Waals surface area contributed by atoms with E-state index in [0.717, 1.165) is 16.8 Å². The maximum absolute atomic E-state index is 12.7. The van der Waals surface area contributed by atoms with Gasteiger partial charge in [-0.05, 0) is 50.1 Å². The number of carbonyl (C=O) groups is 3. The van der Waals surface area contributed by atoms with Crippen molar-refractivity contribution in [3.8, 4) is 0 Å². The number of fused-ring (bicyclic) bond motifs is 1. The molecule has 3 rings (SSSR count). The lowest BCUT2D eigenvalue weighted by molar-refractivity contribution is -0.131. The zero-order chi connectivity index (χ0) is 21.8. The van der Waals surface area contributed by atoms with Crippen molar-refractivity contribution in [3.63, 3.8) is 0 Å². The van der Waals surface area contributed by atoms with Gasteiger partial charge in [-0.15, -0.1) is 0 Å². The van der Waals surface area contributed by atoms with Crippen molar-refractivity contribution in [2.75, 3.05) is 32.1 Å². The van der Waals surface area contributed by atoms with Gasteiger partial charge in [-0.2, -0.15) is 0 Å². The number of rotatable bonds is 8. The number of hydrogen-bond acceptors (Lipinski definition) is 4. The predicted octanol–water partition coefficient (Wildman–Crippen LogP) is 3.49. The highest BCUT2D eigenvalue weighted by molar-refractivity contribution is 6.21. The average molecular weight is 408 g/mol. The highest BCUT2D eigenvalue weighted by atomic mass is 16.2. The van der Waals surface area contributed by atoms with Crippen LogP contribution in [0.2, 0.25) is 0 Å². The molecule has 0 bridgehead atoms. The molecule has 0 aromatic heterocycles. The Morgan fingerprint density at radius 1 is 0.967 bits per heavy atom. The first-order chi connectivity index (χ1) is 14.3. The van der Waals surface area contributed by atoms with E-state index in [1.165, 1.54) is 4.90 Å². The Balaban J connectivity index is 1.54. The number of carbonyl (C=O) groups excluding carboxylic acids is 3. The molecule has 2 aromatic carbocycles. The minimum Gasteiger partial charge on any atom is -0.378 e. The van der Waals surface area contributed by atoms with Crippen molar-refractivity contribution in [3.05, 3.63) is 64.7 Å². The van der Waals surface area contributed by atoms with Crippen molar-refractivity contribution in [1.29, 1.82) is 0 Å². The van der Waals surface area contributed by atoms with Crippen molar-refractivity contribution in [2.24, 2.45) is 0 Å². The number of aryl methyl sites for hydroxylation is 1. The van der Waals surface area contributed by atoms with E-state index < -0.39 is 0 Å². The number of anilines is 1. The van der Waals surface area contributed by atoms with Crippen LogP contribution in [0.25, 0.3) is 0 Å². The van der Waals surface area contributed by atoms with Gasteiger partial charge in [0, 0.05) is 45.8 Å². The standard InChI is InChI=1S/C24H29N3O3/c1-5-26(16-18-9-11-19(12-10-18)25(3)4)22(28)7-6-14-27-23(29)20-13-8-17(2)15-21(20)24(27)30/h8-13,15H,5-7,14,16H2,1-4H3. The molecule has 0 saturated heterocycles. The van der Waals surface area contributed by atoms with Crippen LogP contribution in [0.3, 0.4) is 0 Å². The fraction of sp³-hybridized carbons (Fsp3) is 0.375. The van der Waals surface area contributed by atoms with Crippen molar-refractivity contribution < 1.29 is 14.4 Å². The third kappa shape index (κ3) is 4.53. The molecule has 0 unspecified atom stereocenters. The zero-order valence-electron chi connectivity index (χ0n) is 18.1. The molecule has 2 aromatic rings. The molecule has 6 heteroatoms. The summed E-state index contributed by atoms with van der Waals surface area (Å²) in [5, 5.41) is 0. The summed E-state index contributed by atoms with van der Waals surface area (Å²) < 4.78 is 0. The quantitative estimate of drug-likeness (QED) is 0.629. The molecule has 3 amide bonds. The molecule has 0 fully saturated rings. The van der Waals surface area contributed by atoms with Crippen molar-refractivity contribution in [2.45, 2.75) is 33.2 Å². The molecule has 1 heterocycles. The Kier molecular flexibility index (Phi) is 6.55. The number of benzene rings is 2. The van der Waals surface area contributed by atoms with E-state index in [4.69, 9.17) is 0 Å². The number of nitrogens with zero attached hydrogens (tertiary/aromatic N) is 3. The molecule has 0 atom stereocenters. The van der Waals surface area contributed by atoms with E-state index in [1.54, 1.807) is 17.0 Å². The molecule has 0 spiro atoms. The van der Waals surface area contributed by atoms with E-state index >= 15 is 0 Å². The fourth-order valence-corrected chi connectivity index (χ4v) is 3.65. The van der Waals surface area contributed by atoms with Crippen molar-refractivity contribution >= 4 is 23.4 Å². The number of imide groups is 1. The summed E-state index contributed by atoms with van der Waals surface area (Å²) in [6.45, 7) is 5.27. The van der Waals surface area contributed by atoms with Crippen LogP contribution in [0.5, 0.6) is 0 Å². The van der Waals surface area contributed by atoms with Gasteiger partial charge in [0.2, 0.25) is 5.91 Å². The molecule has 0 N–H and O–H groups in total. The Bertz CT molecular complexity index is 951. The van der Waals surface area contributed by atoms with Crippen LogP contribution in [-0.4, -0.2) is 54.7 Å². The normalized spacial score (nSPS) is 12.9. The smallest absolute Gasteiger partial charge is 0.261 e. The van der Waals surface area contributed by atoms with Gasteiger partial charge >= 0.3 is 0 Å². The van der Waals surface area contributed by atoms with Crippen LogP contribution in [0.4, 0.5) is 5.69 Å². The second-order valence-corrected chi connectivity index (χ2v) is 7.88. The topological polar surface area (TPSA) is 60.9 Å². The largest absolute Gasteiger partial charge is 0.378 e. The number of hydrogen-bond donors (Lipinski definition) is 0. The maximum atomic E-state index is 12.7. The molecule has 158 valence electrons. The predicted molar refractivity (Wildman–Crippen MR) is 118 cm³/mol. The first-order valence-corrected chi connectivity index (χ1v) is 10.3. The molecular weight excluding hydrogens is 378 g/mol. The Labute approximate surface area is 178 Å². The summed E-state index contributed by atoms with van der Waals surface area (Å²) in [5.41, 5.74) is 4.05. The second-order valence-electron chi connectivity index (χ2n) is 7.88. The lowest BCUT2D eigenvalue weighted by Gasteiger charge is -2.22. The summed E-state index contributed by atoms with van der Waals surface area (Å²) in [7, 11) is 3.98. The average Bonchev–Trinajstić information content (AvgIpc) is 2.96. The summed E-state index contributed by atoms with van der Waals surface area (Å²) in [5.74, 6) is -0.503. The van der Waals surface area contributed by atoms with E-state index in [9.17, 15) is 14.4 Å². The highest BCUT2D eigenvalue weighted by Crippen LogP contribution is 2.24. The lowest BCUT2D eigenvalue weighted by atomic mass is 10.1. The number of amides is 3. The van der Waals surface area contributed by atoms with Crippen LogP contribution in [0.1, 0.15) is 51.6 Å². The molecule has 1 aliphatic heterocycles. The van der Waals surface area contributed by atoms with Gasteiger partial charge in [-0.1, -0.05) is 23.8 Å². The lowest BCUT2D eigenvalue weighted by Crippen LogP contribution is -2.33. The Morgan fingerprint density at radius 2 is 1.63 bits per heavy atom. The second kappa shape index (κ2) is 9.11. The first-order valence-electron chi connectivity index (χ1n) is 10.3. The summed E-state index contributed by atoms with van der Waals surface area (Å²) >= 11 is 0. The Hall–Kier alpha value is -3.15. The van der Waals surface area contributed by atoms with Crippen LogP contribution in [-0.2, 0) is 11.3 Å². The first kappa shape index (κ1) is 21.6. The van der Waals surface area contributed by atoms with Crippen molar-refractivity contribution in [1.82, 2.24) is 9.80 Å². The molecule has 0 radical (unpaired) electrons. The summed E-state index contributed by atoms with van der Waals surface area (Å²) in [6, 6.07) is 13.4. The van der Waals surface area contributed by atoms with Gasteiger partial charge in [0.25, 0.3) is 11.8 Å². The molecule has 1 aliphatic rings. The Morgan fingerprint density at radius 3 is 2.27 bits per heavy atom. The monoisotopic (exact) mass is 407 g/mol.